The zero-order valence-corrected chi connectivity index (χ0v) is 39.6. The Morgan fingerprint density at radius 2 is 0.534 bits per heavy atom. The maximum absolute atomic E-state index is 4.89. The van der Waals surface area contributed by atoms with E-state index in [0.717, 1.165) is 52.4 Å². The van der Waals surface area contributed by atoms with Crippen molar-refractivity contribution in [1.82, 2.24) is 52.5 Å². The molecule has 0 aromatic carbocycles. The number of hydrogen-bond donors (Lipinski definition) is 8. The molecule has 330 valence electrons. The fraction of sp³-hybridized carbons (Fsp3) is 0.762. The van der Waals surface area contributed by atoms with Crippen molar-refractivity contribution in [3.63, 3.8) is 0 Å². The topological polar surface area (TPSA) is 122 Å². The quantitative estimate of drug-likeness (QED) is 0.133. The maximum atomic E-state index is 4.89. The molecule has 2 aliphatic heterocycles. The van der Waals surface area contributed by atoms with Crippen molar-refractivity contribution < 1.29 is 26.3 Å². The van der Waals surface area contributed by atoms with Crippen LogP contribution in [0.2, 0.25) is 0 Å². The van der Waals surface area contributed by atoms with Crippen molar-refractivity contribution >= 4 is 40.4 Å². The molecule has 8 N–H and O–H groups in total. The van der Waals surface area contributed by atoms with Gasteiger partial charge in [-0.2, -0.15) is 0 Å². The first-order valence-corrected chi connectivity index (χ1v) is 28.6. The number of aromatic nitrogens is 2. The molecule has 0 radical (unpaired) electrons. The van der Waals surface area contributed by atoms with Gasteiger partial charge in [0.25, 0.3) is 0 Å². The Labute approximate surface area is 379 Å². The number of nitrogens with zero attached hydrogens (tertiary/aromatic N) is 2. The third-order valence-electron chi connectivity index (χ3n) is 12.9. The number of fused-ring (bicyclic) bond motifs is 8. The zero-order valence-electron chi connectivity index (χ0n) is 34.2. The Morgan fingerprint density at radius 3 is 0.741 bits per heavy atom. The van der Waals surface area contributed by atoms with Gasteiger partial charge in [0.15, 0.2) is 0 Å². The van der Waals surface area contributed by atoms with E-state index in [-0.39, 0.29) is 26.3 Å². The van der Waals surface area contributed by atoms with E-state index in [4.69, 9.17) is 50.4 Å². The van der Waals surface area contributed by atoms with Crippen LogP contribution < -0.4 is 42.5 Å². The van der Waals surface area contributed by atoms with Crippen molar-refractivity contribution in [3.05, 3.63) is 59.2 Å². The van der Waals surface area contributed by atoms with Crippen LogP contribution in [0.25, 0.3) is 0 Å². The van der Waals surface area contributed by atoms with Gasteiger partial charge in [0.1, 0.15) is 0 Å². The summed E-state index contributed by atoms with van der Waals surface area (Å²) in [7, 11) is 19.2. The molecule has 4 saturated carbocycles. The van der Waals surface area contributed by atoms with Crippen LogP contribution in [-0.2, 0) is 52.4 Å². The summed E-state index contributed by atoms with van der Waals surface area (Å²) >= 11 is 0.0139. The minimum absolute atomic E-state index is 0.00694. The number of hydrogen-bond acceptors (Lipinski definition) is 10. The summed E-state index contributed by atoms with van der Waals surface area (Å²) in [5.41, 5.74) is 4.67. The zero-order chi connectivity index (χ0) is 40.6. The van der Waals surface area contributed by atoms with Crippen LogP contribution in [0, 0.1) is 0 Å². The van der Waals surface area contributed by atoms with Crippen LogP contribution in [0.3, 0.4) is 0 Å². The van der Waals surface area contributed by atoms with Crippen LogP contribution in [-0.4, -0.2) is 84.5 Å². The molecular weight excluding hydrogens is 896 g/mol. The molecule has 8 rings (SSSR count). The molecule has 10 nitrogen and oxygen atoms in total. The van der Waals surface area contributed by atoms with Gasteiger partial charge in [0.2, 0.25) is 0 Å². The standard InChI is InChI=1S/2C21H35N5.4ClH.2Mn/c2*1-3-10-20-18(8-1)22-12-13-23-19-9-2-4-11-21(19)25-15-17-7-5-6-16(26-17)14-24-20;;;;;;/h2*5-7,18-25H,1-4,8-15H2;4*1H;;/q;;;;;;2*+2/p-4/t2*18-,19?,20-,21-;;;;;;/m10....../s1. The van der Waals surface area contributed by atoms with Gasteiger partial charge in [-0.25, -0.2) is 0 Å². The van der Waals surface area contributed by atoms with Crippen LogP contribution >= 0.6 is 40.4 Å². The molecule has 4 heterocycles. The van der Waals surface area contributed by atoms with E-state index in [1.165, 1.54) is 126 Å². The molecule has 16 heteroatoms. The second-order valence-electron chi connectivity index (χ2n) is 16.7. The molecule has 2 unspecified atom stereocenters. The van der Waals surface area contributed by atoms with Crippen molar-refractivity contribution in [3.8, 4) is 0 Å². The van der Waals surface area contributed by atoms with E-state index in [0.29, 0.717) is 48.3 Å². The molecule has 2 aromatic rings. The number of halogens is 4. The monoisotopic (exact) mass is 964 g/mol. The molecule has 4 aliphatic carbocycles. The van der Waals surface area contributed by atoms with Crippen LogP contribution in [0.5, 0.6) is 0 Å². The number of nitrogens with one attached hydrogen (secondary N) is 8. The minimum Gasteiger partial charge on any atom is -0.311 e. The van der Waals surface area contributed by atoms with E-state index in [1.54, 1.807) is 0 Å². The van der Waals surface area contributed by atoms with Crippen molar-refractivity contribution in [1.29, 1.82) is 0 Å². The average Bonchev–Trinajstić information content (AvgIpc) is 3.26. The second kappa shape index (κ2) is 29.5. The molecule has 8 atom stereocenters. The van der Waals surface area contributed by atoms with Gasteiger partial charge in [0, 0.05) is 101 Å². The second-order valence-corrected chi connectivity index (χ2v) is 20.6. The minimum atomic E-state index is 0.00694. The van der Waals surface area contributed by atoms with Gasteiger partial charge in [-0.1, -0.05) is 63.5 Å². The Balaban J connectivity index is 0.000000195. The van der Waals surface area contributed by atoms with Crippen LogP contribution in [0.1, 0.15) is 126 Å². The molecule has 0 amide bonds. The number of pyridine rings is 2. The van der Waals surface area contributed by atoms with Gasteiger partial charge in [-0.05, 0) is 75.6 Å². The summed E-state index contributed by atoms with van der Waals surface area (Å²) in [5.74, 6) is 0. The van der Waals surface area contributed by atoms with Gasteiger partial charge in [-0.3, -0.25) is 9.97 Å². The summed E-state index contributed by atoms with van der Waals surface area (Å²) in [6.45, 7) is 7.77. The fourth-order valence-electron chi connectivity index (χ4n) is 9.90. The van der Waals surface area contributed by atoms with Gasteiger partial charge in [-0.15, -0.1) is 0 Å². The largest absolute Gasteiger partial charge is 0.311 e. The Hall–Kier alpha value is 0.179. The van der Waals surface area contributed by atoms with Gasteiger partial charge >= 0.3 is 66.7 Å². The van der Waals surface area contributed by atoms with Crippen molar-refractivity contribution in [2.45, 2.75) is 177 Å². The van der Waals surface area contributed by atoms with Crippen LogP contribution in [0.4, 0.5) is 0 Å². The SMILES string of the molecule is [Cl][Mn][Cl].[Cl][Mn][Cl].c1cc2nc(c1)CN[C@@H]1CCCC[C@H]1NCCNC1CCCC[C@H]1NC2.c1cc2nc(c1)CN[C@H]1CCCC[C@@H]1NCCNC1CCCC[C@@H]1NC2. The van der Waals surface area contributed by atoms with Gasteiger partial charge < -0.3 is 42.5 Å². The number of rotatable bonds is 0. The normalized spacial score (nSPS) is 31.1. The summed E-state index contributed by atoms with van der Waals surface area (Å²) in [6.07, 6.45) is 21.0. The van der Waals surface area contributed by atoms with Crippen molar-refractivity contribution in [2.75, 3.05) is 26.2 Å². The molecule has 2 aromatic heterocycles. The molecule has 4 fully saturated rings. The summed E-state index contributed by atoms with van der Waals surface area (Å²) in [5, 5.41) is 30.4. The third kappa shape index (κ3) is 17.7. The van der Waals surface area contributed by atoms with E-state index in [1.807, 2.05) is 0 Å². The first kappa shape index (κ1) is 49.2. The predicted octanol–water partition coefficient (Wildman–Crippen LogP) is 6.91. The summed E-state index contributed by atoms with van der Waals surface area (Å²) in [6, 6.07) is 17.6. The molecule has 4 bridgehead atoms. The Bertz CT molecular complexity index is 1200. The maximum Gasteiger partial charge on any atom is 0.0545 e. The molecule has 0 saturated heterocycles. The fourth-order valence-corrected chi connectivity index (χ4v) is 9.90. The van der Waals surface area contributed by atoms with Crippen LogP contribution in [0.15, 0.2) is 36.4 Å². The average molecular weight is 967 g/mol. The third-order valence-corrected chi connectivity index (χ3v) is 12.9. The van der Waals surface area contributed by atoms with Crippen molar-refractivity contribution in [2.24, 2.45) is 0 Å². The van der Waals surface area contributed by atoms with E-state index >= 15 is 0 Å². The van der Waals surface area contributed by atoms with E-state index in [2.05, 4.69) is 78.9 Å². The first-order valence-electron chi connectivity index (χ1n) is 22.1. The Morgan fingerprint density at radius 1 is 0.345 bits per heavy atom. The van der Waals surface area contributed by atoms with E-state index < -0.39 is 0 Å². The summed E-state index contributed by atoms with van der Waals surface area (Å²) in [4.78, 5) is 9.79. The molecule has 0 spiro atoms. The van der Waals surface area contributed by atoms with E-state index in [9.17, 15) is 0 Å². The smallest absolute Gasteiger partial charge is 0.0545 e. The van der Waals surface area contributed by atoms with Gasteiger partial charge in [0.05, 0.1) is 22.8 Å². The predicted molar refractivity (Wildman–Crippen MR) is 235 cm³/mol. The first-order chi connectivity index (χ1) is 28.6. The molecular formula is C42H70Cl4Mn2N10. The Kier molecular flexibility index (Phi) is 25.0. The summed E-state index contributed by atoms with van der Waals surface area (Å²) < 4.78 is 0. The molecule has 6 aliphatic rings. The molecule has 58 heavy (non-hydrogen) atoms.